The maximum atomic E-state index is 14.0. The molecular formula is C14H12FN3. The highest BCUT2D eigenvalue weighted by Crippen LogP contribution is 2.24. The van der Waals surface area contributed by atoms with E-state index in [0.717, 1.165) is 16.9 Å². The van der Waals surface area contributed by atoms with E-state index in [-0.39, 0.29) is 5.82 Å². The Kier molecular flexibility index (Phi) is 2.57. The number of imidazole rings is 1. The molecule has 0 bridgehead atoms. The fourth-order valence-electron chi connectivity index (χ4n) is 2.06. The fraction of sp³-hybridized carbons (Fsp3) is 0.0714. The first-order valence-corrected chi connectivity index (χ1v) is 5.70. The van der Waals surface area contributed by atoms with Crippen molar-refractivity contribution in [3.63, 3.8) is 0 Å². The third-order valence-corrected chi connectivity index (χ3v) is 2.97. The fourth-order valence-corrected chi connectivity index (χ4v) is 2.06. The summed E-state index contributed by atoms with van der Waals surface area (Å²) in [6, 6.07) is 10.6. The zero-order valence-corrected chi connectivity index (χ0v) is 9.68. The monoisotopic (exact) mass is 241 g/mol. The summed E-state index contributed by atoms with van der Waals surface area (Å²) in [4.78, 5) is 4.19. The van der Waals surface area contributed by atoms with Gasteiger partial charge in [0, 0.05) is 24.5 Å². The van der Waals surface area contributed by atoms with Crippen molar-refractivity contribution in [3.8, 4) is 11.3 Å². The van der Waals surface area contributed by atoms with Gasteiger partial charge in [0.1, 0.15) is 11.5 Å². The van der Waals surface area contributed by atoms with Gasteiger partial charge in [-0.1, -0.05) is 12.1 Å². The number of halogens is 1. The van der Waals surface area contributed by atoms with Crippen LogP contribution in [0.5, 0.6) is 0 Å². The minimum atomic E-state index is -0.256. The summed E-state index contributed by atoms with van der Waals surface area (Å²) in [6.45, 7) is 0.396. The average molecular weight is 241 g/mol. The van der Waals surface area contributed by atoms with E-state index in [1.807, 2.05) is 28.8 Å². The maximum absolute atomic E-state index is 14.0. The first-order chi connectivity index (χ1) is 8.79. The molecule has 0 saturated carbocycles. The summed E-state index contributed by atoms with van der Waals surface area (Å²) in [5, 5.41) is 0. The van der Waals surface area contributed by atoms with Crippen LogP contribution in [0.25, 0.3) is 16.9 Å². The lowest BCUT2D eigenvalue weighted by Gasteiger charge is -2.08. The normalized spacial score (nSPS) is 11.0. The molecule has 0 spiro atoms. The number of pyridine rings is 1. The van der Waals surface area contributed by atoms with E-state index in [1.54, 1.807) is 18.3 Å². The van der Waals surface area contributed by atoms with Crippen molar-refractivity contribution < 1.29 is 4.39 Å². The van der Waals surface area contributed by atoms with E-state index in [4.69, 9.17) is 5.73 Å². The number of benzene rings is 1. The topological polar surface area (TPSA) is 43.3 Å². The van der Waals surface area contributed by atoms with Gasteiger partial charge in [-0.25, -0.2) is 9.37 Å². The molecule has 1 aromatic carbocycles. The standard InChI is InChI=1S/C14H12FN3/c15-12-5-4-10(9-16)8-11(12)13-2-1-3-14-17-6-7-18(13)14/h1-8H,9,16H2. The van der Waals surface area contributed by atoms with Crippen LogP contribution in [0.2, 0.25) is 0 Å². The van der Waals surface area contributed by atoms with Gasteiger partial charge < -0.3 is 5.73 Å². The van der Waals surface area contributed by atoms with Crippen molar-refractivity contribution >= 4 is 5.65 Å². The SMILES string of the molecule is NCc1ccc(F)c(-c2cccc3nccn23)c1. The average Bonchev–Trinajstić information content (AvgIpc) is 2.87. The Balaban J connectivity index is 2.28. The summed E-state index contributed by atoms with van der Waals surface area (Å²) in [5.74, 6) is -0.256. The predicted octanol–water partition coefficient (Wildman–Crippen LogP) is 2.60. The van der Waals surface area contributed by atoms with Crippen LogP contribution in [-0.2, 0) is 6.54 Å². The van der Waals surface area contributed by atoms with Crippen molar-refractivity contribution in [2.24, 2.45) is 5.73 Å². The van der Waals surface area contributed by atoms with Gasteiger partial charge in [-0.2, -0.15) is 0 Å². The van der Waals surface area contributed by atoms with Gasteiger partial charge in [0.15, 0.2) is 0 Å². The van der Waals surface area contributed by atoms with Crippen molar-refractivity contribution in [3.05, 3.63) is 60.2 Å². The van der Waals surface area contributed by atoms with Crippen LogP contribution in [0.15, 0.2) is 48.8 Å². The molecule has 0 fully saturated rings. The lowest BCUT2D eigenvalue weighted by atomic mass is 10.1. The number of nitrogens with zero attached hydrogens (tertiary/aromatic N) is 2. The van der Waals surface area contributed by atoms with E-state index in [2.05, 4.69) is 4.98 Å². The highest BCUT2D eigenvalue weighted by Gasteiger charge is 2.09. The lowest BCUT2D eigenvalue weighted by Crippen LogP contribution is -1.99. The molecule has 2 aromatic heterocycles. The van der Waals surface area contributed by atoms with Gasteiger partial charge in [-0.15, -0.1) is 0 Å². The molecule has 4 heteroatoms. The summed E-state index contributed by atoms with van der Waals surface area (Å²) >= 11 is 0. The number of aromatic nitrogens is 2. The quantitative estimate of drug-likeness (QED) is 0.749. The smallest absolute Gasteiger partial charge is 0.137 e. The molecule has 3 nitrogen and oxygen atoms in total. The highest BCUT2D eigenvalue weighted by atomic mass is 19.1. The van der Waals surface area contributed by atoms with Crippen LogP contribution in [0.1, 0.15) is 5.56 Å². The van der Waals surface area contributed by atoms with Gasteiger partial charge in [-0.05, 0) is 29.8 Å². The van der Waals surface area contributed by atoms with Crippen LogP contribution < -0.4 is 5.73 Å². The molecule has 3 rings (SSSR count). The Morgan fingerprint density at radius 1 is 1.22 bits per heavy atom. The Morgan fingerprint density at radius 2 is 2.11 bits per heavy atom. The molecule has 0 atom stereocenters. The molecular weight excluding hydrogens is 229 g/mol. The first kappa shape index (κ1) is 10.9. The molecule has 0 amide bonds. The van der Waals surface area contributed by atoms with Gasteiger partial charge in [-0.3, -0.25) is 4.40 Å². The van der Waals surface area contributed by atoms with E-state index in [0.29, 0.717) is 12.1 Å². The predicted molar refractivity (Wildman–Crippen MR) is 68.5 cm³/mol. The number of fused-ring (bicyclic) bond motifs is 1. The van der Waals surface area contributed by atoms with Crippen molar-refractivity contribution in [2.75, 3.05) is 0 Å². The van der Waals surface area contributed by atoms with Gasteiger partial charge in [0.25, 0.3) is 0 Å². The summed E-state index contributed by atoms with van der Waals surface area (Å²) in [5.41, 5.74) is 8.62. The second kappa shape index (κ2) is 4.23. The summed E-state index contributed by atoms with van der Waals surface area (Å²) in [6.07, 6.45) is 3.52. The zero-order chi connectivity index (χ0) is 12.5. The van der Waals surface area contributed by atoms with Crippen LogP contribution >= 0.6 is 0 Å². The Hall–Kier alpha value is -2.20. The minimum absolute atomic E-state index is 0.256. The Morgan fingerprint density at radius 3 is 2.94 bits per heavy atom. The lowest BCUT2D eigenvalue weighted by molar-refractivity contribution is 0.629. The van der Waals surface area contributed by atoms with Gasteiger partial charge >= 0.3 is 0 Å². The van der Waals surface area contributed by atoms with Gasteiger partial charge in [0.05, 0.1) is 5.69 Å². The number of hydrogen-bond acceptors (Lipinski definition) is 2. The third kappa shape index (κ3) is 1.67. The molecule has 90 valence electrons. The van der Waals surface area contributed by atoms with Crippen molar-refractivity contribution in [1.82, 2.24) is 9.38 Å². The van der Waals surface area contributed by atoms with Crippen LogP contribution in [-0.4, -0.2) is 9.38 Å². The van der Waals surface area contributed by atoms with Crippen LogP contribution in [0, 0.1) is 5.82 Å². The van der Waals surface area contributed by atoms with Crippen LogP contribution in [0.3, 0.4) is 0 Å². The summed E-state index contributed by atoms with van der Waals surface area (Å²) in [7, 11) is 0. The molecule has 0 aliphatic rings. The first-order valence-electron chi connectivity index (χ1n) is 5.70. The molecule has 2 heterocycles. The molecule has 3 aromatic rings. The van der Waals surface area contributed by atoms with E-state index in [9.17, 15) is 4.39 Å². The zero-order valence-electron chi connectivity index (χ0n) is 9.68. The van der Waals surface area contributed by atoms with E-state index < -0.39 is 0 Å². The van der Waals surface area contributed by atoms with Crippen molar-refractivity contribution in [2.45, 2.75) is 6.54 Å². The molecule has 0 aliphatic heterocycles. The van der Waals surface area contributed by atoms with Crippen LogP contribution in [0.4, 0.5) is 4.39 Å². The minimum Gasteiger partial charge on any atom is -0.326 e. The second-order valence-corrected chi connectivity index (χ2v) is 4.08. The van der Waals surface area contributed by atoms with Crippen molar-refractivity contribution in [1.29, 1.82) is 0 Å². The number of hydrogen-bond donors (Lipinski definition) is 1. The molecule has 2 N–H and O–H groups in total. The number of nitrogens with two attached hydrogens (primary N) is 1. The number of rotatable bonds is 2. The molecule has 18 heavy (non-hydrogen) atoms. The Labute approximate surface area is 104 Å². The highest BCUT2D eigenvalue weighted by molar-refractivity contribution is 5.65. The third-order valence-electron chi connectivity index (χ3n) is 2.97. The molecule has 0 aliphatic carbocycles. The molecule has 0 radical (unpaired) electrons. The van der Waals surface area contributed by atoms with E-state index in [1.165, 1.54) is 6.07 Å². The largest absolute Gasteiger partial charge is 0.326 e. The second-order valence-electron chi connectivity index (χ2n) is 4.08. The Bertz CT molecular complexity index is 703. The van der Waals surface area contributed by atoms with E-state index >= 15 is 0 Å². The summed E-state index contributed by atoms with van der Waals surface area (Å²) < 4.78 is 15.8. The molecule has 0 unspecified atom stereocenters. The van der Waals surface area contributed by atoms with Gasteiger partial charge in [0.2, 0.25) is 0 Å². The maximum Gasteiger partial charge on any atom is 0.137 e. The molecule has 0 saturated heterocycles.